The SMILES string of the molecule is COCCOC(=O)C1=C(C)N=c2sc(=Cc3ccc(OCc4ccccc4C#N)cc3)c(=O)n2C1c1ccccc1OC. The number of fused-ring (bicyclic) bond motifs is 1. The largest absolute Gasteiger partial charge is 0.496 e. The van der Waals surface area contributed by atoms with E-state index >= 15 is 0 Å². The lowest BCUT2D eigenvalue weighted by Gasteiger charge is -2.26. The summed E-state index contributed by atoms with van der Waals surface area (Å²) in [5.74, 6) is 0.596. The first-order valence-electron chi connectivity index (χ1n) is 13.5. The van der Waals surface area contributed by atoms with E-state index in [0.717, 1.165) is 11.1 Å². The number of aromatic nitrogens is 1. The van der Waals surface area contributed by atoms with Gasteiger partial charge in [0, 0.05) is 18.2 Å². The fraction of sp³-hybridized carbons (Fsp3) is 0.212. The van der Waals surface area contributed by atoms with Crippen molar-refractivity contribution in [2.45, 2.75) is 19.6 Å². The Bertz CT molecular complexity index is 1900. The van der Waals surface area contributed by atoms with Crippen molar-refractivity contribution in [1.82, 2.24) is 4.57 Å². The van der Waals surface area contributed by atoms with Gasteiger partial charge >= 0.3 is 5.97 Å². The molecule has 1 aliphatic rings. The van der Waals surface area contributed by atoms with E-state index in [1.54, 1.807) is 32.2 Å². The molecule has 0 spiro atoms. The van der Waals surface area contributed by atoms with Crippen LogP contribution in [-0.2, 0) is 20.9 Å². The van der Waals surface area contributed by atoms with Crippen LogP contribution < -0.4 is 24.4 Å². The Morgan fingerprint density at radius 1 is 1.05 bits per heavy atom. The summed E-state index contributed by atoms with van der Waals surface area (Å²) in [6.07, 6.45) is 1.79. The maximum atomic E-state index is 13.9. The van der Waals surface area contributed by atoms with Crippen LogP contribution in [0.2, 0.25) is 0 Å². The number of esters is 1. The van der Waals surface area contributed by atoms with E-state index in [4.69, 9.17) is 18.9 Å². The quantitative estimate of drug-likeness (QED) is 0.202. The summed E-state index contributed by atoms with van der Waals surface area (Å²) in [5.41, 5.74) is 3.25. The van der Waals surface area contributed by atoms with Gasteiger partial charge in [-0.15, -0.1) is 0 Å². The van der Waals surface area contributed by atoms with Crippen LogP contribution in [0.15, 0.2) is 93.9 Å². The number of hydrogen-bond acceptors (Lipinski definition) is 9. The number of carbonyl (C=O) groups is 1. The molecule has 1 atom stereocenters. The molecule has 43 heavy (non-hydrogen) atoms. The molecule has 2 heterocycles. The third-order valence-corrected chi connectivity index (χ3v) is 7.89. The molecule has 0 saturated heterocycles. The van der Waals surface area contributed by atoms with Crippen molar-refractivity contribution in [1.29, 1.82) is 5.26 Å². The van der Waals surface area contributed by atoms with E-state index in [1.165, 1.54) is 23.0 Å². The van der Waals surface area contributed by atoms with Gasteiger partial charge in [0.05, 0.1) is 41.2 Å². The molecule has 0 fully saturated rings. The Labute approximate surface area is 252 Å². The smallest absolute Gasteiger partial charge is 0.338 e. The molecule has 1 unspecified atom stereocenters. The molecule has 218 valence electrons. The van der Waals surface area contributed by atoms with Crippen LogP contribution in [0.4, 0.5) is 0 Å². The maximum absolute atomic E-state index is 13.9. The molecule has 0 bridgehead atoms. The Morgan fingerprint density at radius 3 is 2.53 bits per heavy atom. The summed E-state index contributed by atoms with van der Waals surface area (Å²) >= 11 is 1.24. The first kappa shape index (κ1) is 29.5. The van der Waals surface area contributed by atoms with Gasteiger partial charge in [-0.25, -0.2) is 9.79 Å². The predicted octanol–water partition coefficient (Wildman–Crippen LogP) is 3.88. The summed E-state index contributed by atoms with van der Waals surface area (Å²) in [5, 5.41) is 9.30. The molecule has 10 heteroatoms. The number of rotatable bonds is 10. The van der Waals surface area contributed by atoms with Gasteiger partial charge in [-0.2, -0.15) is 5.26 Å². The third kappa shape index (κ3) is 6.28. The van der Waals surface area contributed by atoms with Crippen molar-refractivity contribution in [3.63, 3.8) is 0 Å². The minimum Gasteiger partial charge on any atom is -0.496 e. The second-order valence-electron chi connectivity index (χ2n) is 9.58. The lowest BCUT2D eigenvalue weighted by molar-refractivity contribution is -0.140. The Hall–Kier alpha value is -4.98. The van der Waals surface area contributed by atoms with Crippen LogP contribution >= 0.6 is 11.3 Å². The highest BCUT2D eigenvalue weighted by molar-refractivity contribution is 7.07. The molecule has 9 nitrogen and oxygen atoms in total. The van der Waals surface area contributed by atoms with Crippen molar-refractivity contribution in [2.24, 2.45) is 4.99 Å². The van der Waals surface area contributed by atoms with Crippen LogP contribution in [0.5, 0.6) is 11.5 Å². The average molecular weight is 596 g/mol. The van der Waals surface area contributed by atoms with E-state index in [2.05, 4.69) is 11.1 Å². The highest BCUT2D eigenvalue weighted by atomic mass is 32.1. The average Bonchev–Trinajstić information content (AvgIpc) is 3.33. The zero-order chi connectivity index (χ0) is 30.3. The number of benzene rings is 3. The molecule has 1 aromatic heterocycles. The summed E-state index contributed by atoms with van der Waals surface area (Å²) < 4.78 is 24.0. The van der Waals surface area contributed by atoms with Gasteiger partial charge in [0.2, 0.25) is 0 Å². The summed E-state index contributed by atoms with van der Waals surface area (Å²) in [6, 6.07) is 23.3. The van der Waals surface area contributed by atoms with Crippen LogP contribution in [0.25, 0.3) is 6.08 Å². The second-order valence-corrected chi connectivity index (χ2v) is 10.6. The molecule has 0 saturated carbocycles. The maximum Gasteiger partial charge on any atom is 0.338 e. The molecular formula is C33H29N3O6S. The van der Waals surface area contributed by atoms with Gasteiger partial charge in [0.15, 0.2) is 4.80 Å². The highest BCUT2D eigenvalue weighted by Crippen LogP contribution is 2.35. The Kier molecular flexibility index (Phi) is 9.15. The Morgan fingerprint density at radius 2 is 1.79 bits per heavy atom. The van der Waals surface area contributed by atoms with Crippen molar-refractivity contribution in [3.05, 3.63) is 126 Å². The van der Waals surface area contributed by atoms with Gasteiger partial charge in [-0.3, -0.25) is 9.36 Å². The predicted molar refractivity (Wildman–Crippen MR) is 162 cm³/mol. The minimum absolute atomic E-state index is 0.0692. The molecule has 4 aromatic rings. The molecular weight excluding hydrogens is 566 g/mol. The second kappa shape index (κ2) is 13.3. The monoisotopic (exact) mass is 595 g/mol. The van der Waals surface area contributed by atoms with Crippen molar-refractivity contribution in [2.75, 3.05) is 27.4 Å². The topological polar surface area (TPSA) is 112 Å². The number of allylic oxidation sites excluding steroid dienone is 1. The number of thiazole rings is 1. The van der Waals surface area contributed by atoms with E-state index in [1.807, 2.05) is 60.7 Å². The number of hydrogen-bond donors (Lipinski definition) is 0. The number of para-hydroxylation sites is 1. The highest BCUT2D eigenvalue weighted by Gasteiger charge is 2.35. The fourth-order valence-electron chi connectivity index (χ4n) is 4.79. The first-order valence-corrected chi connectivity index (χ1v) is 14.3. The lowest BCUT2D eigenvalue weighted by Crippen LogP contribution is -2.40. The third-order valence-electron chi connectivity index (χ3n) is 6.91. The summed E-state index contributed by atoms with van der Waals surface area (Å²) in [7, 11) is 3.07. The van der Waals surface area contributed by atoms with E-state index in [-0.39, 0.29) is 31.0 Å². The van der Waals surface area contributed by atoms with E-state index in [9.17, 15) is 14.9 Å². The normalized spacial score (nSPS) is 14.5. The van der Waals surface area contributed by atoms with Crippen LogP contribution in [0.1, 0.15) is 35.2 Å². The standard InChI is InChI=1S/C33H29N3O6S/c1-21-29(32(38)41-17-16-39-2)30(26-10-6-7-11-27(26)40-3)36-31(37)28(43-33(36)35-21)18-22-12-14-25(15-13-22)42-20-24-9-5-4-8-23(24)19-34/h4-15,18,30H,16-17,20H2,1-3H3. The molecule has 0 N–H and O–H groups in total. The van der Waals surface area contributed by atoms with Crippen LogP contribution in [-0.4, -0.2) is 38.0 Å². The molecule has 1 aliphatic heterocycles. The molecule has 5 rings (SSSR count). The van der Waals surface area contributed by atoms with E-state index in [0.29, 0.717) is 37.7 Å². The first-order chi connectivity index (χ1) is 20.9. The molecule has 0 amide bonds. The minimum atomic E-state index is -0.795. The zero-order valence-corrected chi connectivity index (χ0v) is 24.7. The number of ether oxygens (including phenoxy) is 4. The molecule has 3 aromatic carbocycles. The van der Waals surface area contributed by atoms with Gasteiger partial charge in [0.25, 0.3) is 5.56 Å². The number of nitrogens with zero attached hydrogens (tertiary/aromatic N) is 3. The van der Waals surface area contributed by atoms with Gasteiger partial charge in [0.1, 0.15) is 30.8 Å². The fourth-order valence-corrected chi connectivity index (χ4v) is 5.84. The van der Waals surface area contributed by atoms with Crippen LogP contribution in [0, 0.1) is 11.3 Å². The van der Waals surface area contributed by atoms with Gasteiger partial charge in [-0.1, -0.05) is 59.9 Å². The Balaban J connectivity index is 1.50. The van der Waals surface area contributed by atoms with Crippen molar-refractivity contribution < 1.29 is 23.7 Å². The summed E-state index contributed by atoms with van der Waals surface area (Å²) in [4.78, 5) is 32.3. The zero-order valence-electron chi connectivity index (χ0n) is 23.9. The van der Waals surface area contributed by atoms with Crippen molar-refractivity contribution in [3.8, 4) is 17.6 Å². The number of carbonyl (C=O) groups excluding carboxylic acids is 1. The molecule has 0 aliphatic carbocycles. The molecule has 0 radical (unpaired) electrons. The lowest BCUT2D eigenvalue weighted by atomic mass is 9.95. The van der Waals surface area contributed by atoms with Gasteiger partial charge < -0.3 is 18.9 Å². The van der Waals surface area contributed by atoms with Gasteiger partial charge in [-0.05, 0) is 42.8 Å². The number of methoxy groups -OCH3 is 2. The van der Waals surface area contributed by atoms with Crippen molar-refractivity contribution >= 4 is 23.4 Å². The van der Waals surface area contributed by atoms with Crippen LogP contribution in [0.3, 0.4) is 0 Å². The number of nitriles is 1. The van der Waals surface area contributed by atoms with E-state index < -0.39 is 12.0 Å². The summed E-state index contributed by atoms with van der Waals surface area (Å²) in [6.45, 7) is 2.31.